The van der Waals surface area contributed by atoms with Gasteiger partial charge in [0, 0.05) is 37.6 Å². The summed E-state index contributed by atoms with van der Waals surface area (Å²) < 4.78 is 16.5. The van der Waals surface area contributed by atoms with Gasteiger partial charge in [0.15, 0.2) is 5.65 Å². The number of rotatable bonds is 5. The average Bonchev–Trinajstić information content (AvgIpc) is 3.25. The summed E-state index contributed by atoms with van der Waals surface area (Å²) in [5.41, 5.74) is 2.26. The second-order valence-corrected chi connectivity index (χ2v) is 8.25. The highest BCUT2D eigenvalue weighted by Crippen LogP contribution is 2.29. The number of amides is 2. The van der Waals surface area contributed by atoms with Gasteiger partial charge in [0.25, 0.3) is 5.91 Å². The molecule has 4 rings (SSSR count). The van der Waals surface area contributed by atoms with E-state index in [0.717, 1.165) is 24.1 Å². The van der Waals surface area contributed by atoms with Gasteiger partial charge in [-0.15, -0.1) is 0 Å². The van der Waals surface area contributed by atoms with Crippen molar-refractivity contribution in [1.29, 1.82) is 0 Å². The Morgan fingerprint density at radius 1 is 1.23 bits per heavy atom. The summed E-state index contributed by atoms with van der Waals surface area (Å²) in [6, 6.07) is 4.81. The smallest absolute Gasteiger partial charge is 0.254 e. The fraction of sp³-hybridized carbons (Fsp3) is 0.391. The molecule has 31 heavy (non-hydrogen) atoms. The van der Waals surface area contributed by atoms with Gasteiger partial charge in [-0.05, 0) is 36.5 Å². The molecule has 3 aromatic rings. The normalized spacial score (nSPS) is 14.9. The SMILES string of the molecule is CC(C)C(=O)N1CCC(c2ccc(C(=O)NCc3cn4ccnc4cn3)c(F)c2)CC1. The Morgan fingerprint density at radius 2 is 2.00 bits per heavy atom. The molecule has 1 aliphatic heterocycles. The zero-order chi connectivity index (χ0) is 22.0. The highest BCUT2D eigenvalue weighted by Gasteiger charge is 2.26. The van der Waals surface area contributed by atoms with E-state index in [1.54, 1.807) is 24.8 Å². The molecule has 3 heterocycles. The molecule has 1 N–H and O–H groups in total. The summed E-state index contributed by atoms with van der Waals surface area (Å²) in [7, 11) is 0. The lowest BCUT2D eigenvalue weighted by molar-refractivity contribution is -0.135. The molecule has 0 bridgehead atoms. The molecule has 7 nitrogen and oxygen atoms in total. The predicted molar refractivity (Wildman–Crippen MR) is 114 cm³/mol. The Balaban J connectivity index is 1.37. The number of halogens is 1. The third-order valence-electron chi connectivity index (χ3n) is 5.77. The van der Waals surface area contributed by atoms with Gasteiger partial charge in [-0.1, -0.05) is 19.9 Å². The first-order chi connectivity index (χ1) is 14.9. The molecule has 1 aliphatic rings. The maximum Gasteiger partial charge on any atom is 0.254 e. The van der Waals surface area contributed by atoms with Gasteiger partial charge >= 0.3 is 0 Å². The van der Waals surface area contributed by atoms with Gasteiger partial charge in [0.2, 0.25) is 5.91 Å². The number of aromatic nitrogens is 3. The van der Waals surface area contributed by atoms with E-state index in [1.165, 1.54) is 12.1 Å². The van der Waals surface area contributed by atoms with E-state index < -0.39 is 11.7 Å². The van der Waals surface area contributed by atoms with Crippen molar-refractivity contribution < 1.29 is 14.0 Å². The molecule has 0 atom stereocenters. The molecule has 2 aromatic heterocycles. The van der Waals surface area contributed by atoms with Crippen molar-refractivity contribution in [2.24, 2.45) is 5.92 Å². The topological polar surface area (TPSA) is 79.6 Å². The molecule has 1 aromatic carbocycles. The van der Waals surface area contributed by atoms with Crippen LogP contribution in [0.15, 0.2) is 43.0 Å². The first kappa shape index (κ1) is 21.0. The van der Waals surface area contributed by atoms with Crippen LogP contribution in [0.3, 0.4) is 0 Å². The van der Waals surface area contributed by atoms with Crippen molar-refractivity contribution in [3.8, 4) is 0 Å². The maximum absolute atomic E-state index is 14.7. The third-order valence-corrected chi connectivity index (χ3v) is 5.77. The van der Waals surface area contributed by atoms with Gasteiger partial charge in [-0.25, -0.2) is 9.37 Å². The number of hydrogen-bond donors (Lipinski definition) is 1. The summed E-state index contributed by atoms with van der Waals surface area (Å²) >= 11 is 0. The van der Waals surface area contributed by atoms with E-state index in [1.807, 2.05) is 29.2 Å². The van der Waals surface area contributed by atoms with Crippen molar-refractivity contribution in [1.82, 2.24) is 24.6 Å². The number of carbonyl (C=O) groups excluding carboxylic acids is 2. The number of fused-ring (bicyclic) bond motifs is 1. The quantitative estimate of drug-likeness (QED) is 0.684. The van der Waals surface area contributed by atoms with Gasteiger partial charge in [0.1, 0.15) is 5.82 Å². The minimum atomic E-state index is -0.534. The second kappa shape index (κ2) is 8.83. The van der Waals surface area contributed by atoms with Gasteiger partial charge < -0.3 is 14.6 Å². The zero-order valence-electron chi connectivity index (χ0n) is 17.7. The van der Waals surface area contributed by atoms with Gasteiger partial charge in [-0.3, -0.25) is 14.6 Å². The van der Waals surface area contributed by atoms with Crippen LogP contribution in [0.25, 0.3) is 5.65 Å². The number of nitrogens with one attached hydrogen (secondary N) is 1. The fourth-order valence-electron chi connectivity index (χ4n) is 3.99. The molecule has 1 fully saturated rings. The van der Waals surface area contributed by atoms with Gasteiger partial charge in [0.05, 0.1) is 24.0 Å². The summed E-state index contributed by atoms with van der Waals surface area (Å²) in [5, 5.41) is 2.72. The summed E-state index contributed by atoms with van der Waals surface area (Å²) in [4.78, 5) is 34.9. The lowest BCUT2D eigenvalue weighted by Crippen LogP contribution is -2.40. The minimum Gasteiger partial charge on any atom is -0.346 e. The highest BCUT2D eigenvalue weighted by atomic mass is 19.1. The lowest BCUT2D eigenvalue weighted by Gasteiger charge is -2.33. The Bertz CT molecular complexity index is 1100. The summed E-state index contributed by atoms with van der Waals surface area (Å²) in [5.74, 6) is -0.668. The van der Waals surface area contributed by atoms with Crippen LogP contribution in [-0.2, 0) is 11.3 Å². The van der Waals surface area contributed by atoms with E-state index >= 15 is 0 Å². The van der Waals surface area contributed by atoms with Crippen LogP contribution in [0.5, 0.6) is 0 Å². The molecule has 0 unspecified atom stereocenters. The first-order valence-corrected chi connectivity index (χ1v) is 10.6. The number of piperidine rings is 1. The van der Waals surface area contributed by atoms with Crippen LogP contribution < -0.4 is 5.32 Å². The zero-order valence-corrected chi connectivity index (χ0v) is 17.7. The molecule has 1 saturated heterocycles. The Morgan fingerprint density at radius 3 is 2.71 bits per heavy atom. The fourth-order valence-corrected chi connectivity index (χ4v) is 3.99. The maximum atomic E-state index is 14.7. The Hall–Kier alpha value is -3.29. The highest BCUT2D eigenvalue weighted by molar-refractivity contribution is 5.94. The molecule has 162 valence electrons. The Labute approximate surface area is 180 Å². The van der Waals surface area contributed by atoms with E-state index in [-0.39, 0.29) is 29.9 Å². The molecule has 0 spiro atoms. The van der Waals surface area contributed by atoms with Crippen molar-refractivity contribution in [2.45, 2.75) is 39.2 Å². The van der Waals surface area contributed by atoms with Crippen LogP contribution in [0.2, 0.25) is 0 Å². The van der Waals surface area contributed by atoms with Crippen LogP contribution in [0, 0.1) is 11.7 Å². The van der Waals surface area contributed by atoms with E-state index in [2.05, 4.69) is 15.3 Å². The van der Waals surface area contributed by atoms with Crippen molar-refractivity contribution >= 4 is 17.5 Å². The molecule has 0 aliphatic carbocycles. The largest absolute Gasteiger partial charge is 0.346 e. The number of nitrogens with zero attached hydrogens (tertiary/aromatic N) is 4. The third kappa shape index (κ3) is 4.57. The molecule has 0 saturated carbocycles. The van der Waals surface area contributed by atoms with Crippen LogP contribution >= 0.6 is 0 Å². The summed E-state index contributed by atoms with van der Waals surface area (Å²) in [6.45, 7) is 5.36. The van der Waals surface area contributed by atoms with Crippen molar-refractivity contribution in [3.05, 3.63) is 65.6 Å². The van der Waals surface area contributed by atoms with Crippen LogP contribution in [0.1, 0.15) is 54.2 Å². The molecule has 8 heteroatoms. The second-order valence-electron chi connectivity index (χ2n) is 8.25. The molecule has 0 radical (unpaired) electrons. The standard InChI is InChI=1S/C23H26FN5O2/c1-15(2)23(31)28-8-5-16(6-9-28)17-3-4-19(20(24)11-17)22(30)27-12-18-14-29-10-7-25-21(29)13-26-18/h3-4,7,10-11,13-16H,5-6,8-9,12H2,1-2H3,(H,27,30). The van der Waals surface area contributed by atoms with Crippen molar-refractivity contribution in [3.63, 3.8) is 0 Å². The van der Waals surface area contributed by atoms with E-state index in [9.17, 15) is 14.0 Å². The number of hydrogen-bond acceptors (Lipinski definition) is 4. The van der Waals surface area contributed by atoms with E-state index in [0.29, 0.717) is 18.8 Å². The van der Waals surface area contributed by atoms with E-state index in [4.69, 9.17) is 0 Å². The van der Waals surface area contributed by atoms with Gasteiger partial charge in [-0.2, -0.15) is 0 Å². The number of likely N-dealkylation sites (tertiary alicyclic amines) is 1. The number of benzene rings is 1. The lowest BCUT2D eigenvalue weighted by atomic mass is 9.88. The monoisotopic (exact) mass is 423 g/mol. The van der Waals surface area contributed by atoms with Crippen LogP contribution in [-0.4, -0.2) is 44.2 Å². The average molecular weight is 423 g/mol. The molecular weight excluding hydrogens is 397 g/mol. The minimum absolute atomic E-state index is 0.0103. The summed E-state index contributed by atoms with van der Waals surface area (Å²) in [6.07, 6.45) is 8.46. The number of carbonyl (C=O) groups is 2. The Kier molecular flexibility index (Phi) is 5.97. The molecular formula is C23H26FN5O2. The number of imidazole rings is 1. The van der Waals surface area contributed by atoms with Crippen LogP contribution in [0.4, 0.5) is 4.39 Å². The predicted octanol–water partition coefficient (Wildman–Crippen LogP) is 3.16. The first-order valence-electron chi connectivity index (χ1n) is 10.6. The van der Waals surface area contributed by atoms with Crippen molar-refractivity contribution in [2.75, 3.05) is 13.1 Å². The molecule has 2 amide bonds.